The van der Waals surface area contributed by atoms with Gasteiger partial charge < -0.3 is 14.5 Å². The predicted octanol–water partition coefficient (Wildman–Crippen LogP) is 5.17. The van der Waals surface area contributed by atoms with Crippen molar-refractivity contribution in [3.05, 3.63) is 48.0 Å². The minimum Gasteiger partial charge on any atom is -0.492 e. The van der Waals surface area contributed by atoms with E-state index in [1.165, 1.54) is 11.3 Å². The topological polar surface area (TPSA) is 48.9 Å². The molecule has 1 heterocycles. The highest BCUT2D eigenvalue weighted by Crippen LogP contribution is 2.34. The van der Waals surface area contributed by atoms with Gasteiger partial charge in [0.25, 0.3) is 5.91 Å². The third-order valence-electron chi connectivity index (χ3n) is 5.16. The Labute approximate surface area is 201 Å². The second-order valence-corrected chi connectivity index (χ2v) is 8.52. The molecular weight excluding hydrogens is 444 g/mol. The Balaban J connectivity index is 0.00000363. The van der Waals surface area contributed by atoms with E-state index in [4.69, 9.17) is 9.72 Å². The van der Waals surface area contributed by atoms with Gasteiger partial charge in [-0.05, 0) is 71.3 Å². The fourth-order valence-electron chi connectivity index (χ4n) is 3.44. The van der Waals surface area contributed by atoms with Gasteiger partial charge >= 0.3 is 0 Å². The molecule has 0 fully saturated rings. The second-order valence-electron chi connectivity index (χ2n) is 7.51. The molecule has 32 heavy (non-hydrogen) atoms. The van der Waals surface area contributed by atoms with Crippen molar-refractivity contribution in [2.24, 2.45) is 0 Å². The molecule has 1 amide bonds. The van der Waals surface area contributed by atoms with Crippen LogP contribution in [-0.4, -0.2) is 62.7 Å². The lowest BCUT2D eigenvalue weighted by molar-refractivity contribution is 0.0985. The number of hydrogen-bond acceptors (Lipinski definition) is 6. The number of halogens is 1. The summed E-state index contributed by atoms with van der Waals surface area (Å²) in [5.74, 6) is 0.719. The molecule has 8 heteroatoms. The van der Waals surface area contributed by atoms with Gasteiger partial charge in [-0.3, -0.25) is 9.69 Å². The zero-order valence-electron chi connectivity index (χ0n) is 19.5. The average molecular weight is 477 g/mol. The summed E-state index contributed by atoms with van der Waals surface area (Å²) >= 11 is 1.52. The van der Waals surface area contributed by atoms with Gasteiger partial charge in [-0.2, -0.15) is 0 Å². The van der Waals surface area contributed by atoms with Crippen molar-refractivity contribution in [2.75, 3.05) is 56.7 Å². The van der Waals surface area contributed by atoms with E-state index in [-0.39, 0.29) is 18.3 Å². The number of carbonyl (C=O) groups is 1. The number of anilines is 2. The minimum absolute atomic E-state index is 0. The molecule has 0 aliphatic heterocycles. The van der Waals surface area contributed by atoms with E-state index in [1.807, 2.05) is 63.5 Å². The summed E-state index contributed by atoms with van der Waals surface area (Å²) in [6.45, 7) is 9.99. The van der Waals surface area contributed by atoms with Crippen LogP contribution >= 0.6 is 23.7 Å². The minimum atomic E-state index is -0.0371. The number of fused-ring (bicyclic) bond motifs is 1. The number of ether oxygens (including phenoxy) is 1. The highest BCUT2D eigenvalue weighted by molar-refractivity contribution is 7.22. The van der Waals surface area contributed by atoms with Gasteiger partial charge in [0.2, 0.25) is 0 Å². The number of para-hydroxylation sites is 1. The monoisotopic (exact) mass is 476 g/mol. The van der Waals surface area contributed by atoms with E-state index in [9.17, 15) is 4.79 Å². The van der Waals surface area contributed by atoms with E-state index in [2.05, 4.69) is 23.6 Å². The maximum atomic E-state index is 13.5. The van der Waals surface area contributed by atoms with Crippen molar-refractivity contribution in [3.63, 3.8) is 0 Å². The van der Waals surface area contributed by atoms with Crippen LogP contribution < -0.4 is 14.5 Å². The lowest BCUT2D eigenvalue weighted by Crippen LogP contribution is -2.36. The number of amides is 1. The molecule has 0 radical (unpaired) electrons. The standard InChI is InChI=1S/C24H32N4O2S.ClH/c1-6-27(7-2)19-14-12-18(13-15-19)23(29)28(17-16-26(4)5)24-25-22-20(30-8-3)10-9-11-21(22)31-24;/h9-15H,6-8,16-17H2,1-5H3;1H. The number of rotatable bonds is 10. The summed E-state index contributed by atoms with van der Waals surface area (Å²) in [4.78, 5) is 24.4. The lowest BCUT2D eigenvalue weighted by Gasteiger charge is -2.23. The zero-order valence-corrected chi connectivity index (χ0v) is 21.1. The highest BCUT2D eigenvalue weighted by Gasteiger charge is 2.22. The Hall–Kier alpha value is -2.35. The first kappa shape index (κ1) is 25.9. The summed E-state index contributed by atoms with van der Waals surface area (Å²) in [6.07, 6.45) is 0. The molecule has 2 aromatic carbocycles. The summed E-state index contributed by atoms with van der Waals surface area (Å²) in [5.41, 5.74) is 2.60. The quantitative estimate of drug-likeness (QED) is 0.404. The smallest absolute Gasteiger partial charge is 0.260 e. The Kier molecular flexibility index (Phi) is 9.75. The van der Waals surface area contributed by atoms with Crippen molar-refractivity contribution >= 4 is 50.7 Å². The predicted molar refractivity (Wildman–Crippen MR) is 138 cm³/mol. The van der Waals surface area contributed by atoms with Gasteiger partial charge in [0, 0.05) is 37.4 Å². The lowest BCUT2D eigenvalue weighted by atomic mass is 10.1. The van der Waals surface area contributed by atoms with Crippen LogP contribution in [-0.2, 0) is 0 Å². The molecule has 6 nitrogen and oxygen atoms in total. The van der Waals surface area contributed by atoms with Crippen molar-refractivity contribution in [1.82, 2.24) is 9.88 Å². The summed E-state index contributed by atoms with van der Waals surface area (Å²) in [6, 6.07) is 13.8. The van der Waals surface area contributed by atoms with Gasteiger partial charge in [0.05, 0.1) is 11.3 Å². The molecule has 174 valence electrons. The third-order valence-corrected chi connectivity index (χ3v) is 6.20. The molecular formula is C24H33ClN4O2S. The maximum absolute atomic E-state index is 13.5. The van der Waals surface area contributed by atoms with Crippen LogP contribution in [0.5, 0.6) is 5.75 Å². The Morgan fingerprint density at radius 2 is 1.69 bits per heavy atom. The largest absolute Gasteiger partial charge is 0.492 e. The fraction of sp³-hybridized carbons (Fsp3) is 0.417. The van der Waals surface area contributed by atoms with Crippen LogP contribution in [0, 0.1) is 0 Å². The van der Waals surface area contributed by atoms with Gasteiger partial charge in [0.1, 0.15) is 11.3 Å². The Bertz CT molecular complexity index is 1000. The number of likely N-dealkylation sites (N-methyl/N-ethyl adjacent to an activating group) is 1. The molecule has 0 saturated heterocycles. The molecule has 0 saturated carbocycles. The normalized spacial score (nSPS) is 10.8. The molecule has 0 aliphatic carbocycles. The zero-order chi connectivity index (χ0) is 22.4. The number of benzene rings is 2. The van der Waals surface area contributed by atoms with Crippen LogP contribution in [0.4, 0.5) is 10.8 Å². The molecule has 0 bridgehead atoms. The van der Waals surface area contributed by atoms with Gasteiger partial charge in [-0.25, -0.2) is 4.98 Å². The Morgan fingerprint density at radius 1 is 1.00 bits per heavy atom. The van der Waals surface area contributed by atoms with Gasteiger partial charge in [-0.1, -0.05) is 17.4 Å². The molecule has 0 spiro atoms. The molecule has 0 unspecified atom stereocenters. The SMILES string of the molecule is CCOc1cccc2sc(N(CCN(C)C)C(=O)c3ccc(N(CC)CC)cc3)nc12.Cl. The van der Waals surface area contributed by atoms with E-state index >= 15 is 0 Å². The van der Waals surface area contributed by atoms with Crippen molar-refractivity contribution < 1.29 is 9.53 Å². The molecule has 0 aliphatic rings. The van der Waals surface area contributed by atoms with Crippen LogP contribution in [0.1, 0.15) is 31.1 Å². The van der Waals surface area contributed by atoms with Crippen molar-refractivity contribution in [3.8, 4) is 5.75 Å². The summed E-state index contributed by atoms with van der Waals surface area (Å²) in [7, 11) is 4.01. The first-order valence-corrected chi connectivity index (χ1v) is 11.6. The molecule has 1 aromatic heterocycles. The second kappa shape index (κ2) is 12.0. The van der Waals surface area contributed by atoms with Crippen LogP contribution in [0.15, 0.2) is 42.5 Å². The summed E-state index contributed by atoms with van der Waals surface area (Å²) < 4.78 is 6.75. The van der Waals surface area contributed by atoms with Crippen LogP contribution in [0.3, 0.4) is 0 Å². The average Bonchev–Trinajstić information content (AvgIpc) is 3.20. The molecule has 0 N–H and O–H groups in total. The number of thiazole rings is 1. The molecule has 3 aromatic rings. The third kappa shape index (κ3) is 5.91. The van der Waals surface area contributed by atoms with E-state index < -0.39 is 0 Å². The number of aromatic nitrogens is 1. The number of hydrogen-bond donors (Lipinski definition) is 0. The van der Waals surface area contributed by atoms with E-state index in [0.29, 0.717) is 23.8 Å². The molecule has 3 rings (SSSR count). The number of carbonyl (C=O) groups excluding carboxylic acids is 1. The Morgan fingerprint density at radius 3 is 2.28 bits per heavy atom. The van der Waals surface area contributed by atoms with Crippen LogP contribution in [0.25, 0.3) is 10.2 Å². The van der Waals surface area contributed by atoms with E-state index in [1.54, 1.807) is 4.90 Å². The number of nitrogens with zero attached hydrogens (tertiary/aromatic N) is 4. The molecule has 0 atom stereocenters. The van der Waals surface area contributed by atoms with Gasteiger partial charge in [-0.15, -0.1) is 12.4 Å². The summed E-state index contributed by atoms with van der Waals surface area (Å²) in [5, 5.41) is 0.696. The van der Waals surface area contributed by atoms with Crippen molar-refractivity contribution in [1.29, 1.82) is 0 Å². The first-order chi connectivity index (χ1) is 15.0. The fourth-order valence-corrected chi connectivity index (χ4v) is 4.45. The highest BCUT2D eigenvalue weighted by atomic mass is 35.5. The van der Waals surface area contributed by atoms with Crippen LogP contribution in [0.2, 0.25) is 0 Å². The maximum Gasteiger partial charge on any atom is 0.260 e. The van der Waals surface area contributed by atoms with Gasteiger partial charge in [0.15, 0.2) is 5.13 Å². The van der Waals surface area contributed by atoms with E-state index in [0.717, 1.165) is 41.3 Å². The first-order valence-electron chi connectivity index (χ1n) is 10.8. The van der Waals surface area contributed by atoms with Crippen molar-refractivity contribution in [2.45, 2.75) is 20.8 Å².